The van der Waals surface area contributed by atoms with Crippen LogP contribution in [0.15, 0.2) is 60.9 Å². The van der Waals surface area contributed by atoms with Crippen molar-refractivity contribution in [2.75, 3.05) is 13.0 Å². The number of halogens is 1. The Bertz CT molecular complexity index is 668. The summed E-state index contributed by atoms with van der Waals surface area (Å²) >= 11 is 6.00. The van der Waals surface area contributed by atoms with Crippen LogP contribution in [0.25, 0.3) is 0 Å². The molecule has 0 saturated carbocycles. The van der Waals surface area contributed by atoms with E-state index in [0.29, 0.717) is 23.8 Å². The van der Waals surface area contributed by atoms with Crippen molar-refractivity contribution in [2.45, 2.75) is 19.4 Å². The van der Waals surface area contributed by atoms with E-state index in [1.54, 1.807) is 18.2 Å². The Morgan fingerprint density at radius 3 is 3.00 bits per heavy atom. The molecule has 23 heavy (non-hydrogen) atoms. The van der Waals surface area contributed by atoms with Crippen LogP contribution in [0, 0.1) is 0 Å². The lowest BCUT2D eigenvalue weighted by Gasteiger charge is -2.30. The average molecular weight is 355 g/mol. The summed E-state index contributed by atoms with van der Waals surface area (Å²) in [6, 6.07) is 7.32. The van der Waals surface area contributed by atoms with Gasteiger partial charge in [-0.15, -0.1) is 0 Å². The molecule has 1 heterocycles. The predicted molar refractivity (Wildman–Crippen MR) is 92.5 cm³/mol. The van der Waals surface area contributed by atoms with E-state index in [-0.39, 0.29) is 12.5 Å². The van der Waals surface area contributed by atoms with Crippen LogP contribution in [0.5, 0.6) is 0 Å². The summed E-state index contributed by atoms with van der Waals surface area (Å²) in [5.41, 5.74) is 1.68. The van der Waals surface area contributed by atoms with Crippen molar-refractivity contribution in [3.63, 3.8) is 0 Å². The number of hydrogen-bond acceptors (Lipinski definition) is 4. The minimum absolute atomic E-state index is 0.171. The number of allylic oxidation sites excluding steroid dienone is 3. The van der Waals surface area contributed by atoms with Gasteiger partial charge < -0.3 is 9.26 Å². The third kappa shape index (κ3) is 5.36. The number of hydrogen-bond donors (Lipinski definition) is 0. The van der Waals surface area contributed by atoms with Crippen molar-refractivity contribution in [3.8, 4) is 0 Å². The summed E-state index contributed by atoms with van der Waals surface area (Å²) in [5, 5.41) is 0.613. The molecular formula is C17H20ClO4P. The number of benzene rings is 1. The van der Waals surface area contributed by atoms with Crippen molar-refractivity contribution in [1.29, 1.82) is 0 Å². The first kappa shape index (κ1) is 18.0. The smallest absolute Gasteiger partial charge is 0.368 e. The van der Waals surface area contributed by atoms with Crippen LogP contribution in [0.4, 0.5) is 0 Å². The van der Waals surface area contributed by atoms with Crippen LogP contribution in [-0.2, 0) is 18.3 Å². The molecule has 0 unspecified atom stereocenters. The topological polar surface area (TPSA) is 44.8 Å². The lowest BCUT2D eigenvalue weighted by atomic mass is 10.1. The average Bonchev–Trinajstić information content (AvgIpc) is 2.51. The predicted octanol–water partition coefficient (Wildman–Crippen LogP) is 5.63. The zero-order chi connectivity index (χ0) is 16.9. The molecule has 124 valence electrons. The largest absolute Gasteiger partial charge is 0.481 e. The van der Waals surface area contributed by atoms with Crippen LogP contribution in [0.3, 0.4) is 0 Å². The van der Waals surface area contributed by atoms with Gasteiger partial charge in [0.2, 0.25) is 0 Å². The van der Waals surface area contributed by atoms with E-state index in [0.717, 1.165) is 11.1 Å². The third-order valence-corrected chi connectivity index (χ3v) is 4.99. The summed E-state index contributed by atoms with van der Waals surface area (Å²) in [4.78, 5) is 0. The van der Waals surface area contributed by atoms with Gasteiger partial charge in [-0.05, 0) is 36.8 Å². The Labute approximate surface area is 141 Å². The number of rotatable bonds is 6. The van der Waals surface area contributed by atoms with Gasteiger partial charge in [0.1, 0.15) is 5.76 Å². The van der Waals surface area contributed by atoms with E-state index in [4.69, 9.17) is 25.4 Å². The third-order valence-electron chi connectivity index (χ3n) is 3.16. The van der Waals surface area contributed by atoms with Crippen LogP contribution >= 0.6 is 19.2 Å². The van der Waals surface area contributed by atoms with Gasteiger partial charge in [0, 0.05) is 11.4 Å². The molecule has 2 atom stereocenters. The first-order chi connectivity index (χ1) is 10.9. The molecule has 1 aromatic rings. The van der Waals surface area contributed by atoms with Crippen LogP contribution < -0.4 is 0 Å². The van der Waals surface area contributed by atoms with Crippen molar-refractivity contribution in [1.82, 2.24) is 0 Å². The second kappa shape index (κ2) is 7.98. The van der Waals surface area contributed by atoms with Gasteiger partial charge in [-0.25, -0.2) is 0 Å². The lowest BCUT2D eigenvalue weighted by molar-refractivity contribution is 0.0673. The van der Waals surface area contributed by atoms with Crippen molar-refractivity contribution in [3.05, 3.63) is 71.5 Å². The van der Waals surface area contributed by atoms with Gasteiger partial charge in [0.25, 0.3) is 0 Å². The van der Waals surface area contributed by atoms with E-state index in [1.807, 2.05) is 19.1 Å². The molecule has 0 aromatic heterocycles. The zero-order valence-electron chi connectivity index (χ0n) is 13.0. The van der Waals surface area contributed by atoms with Gasteiger partial charge in [0.15, 0.2) is 6.35 Å². The molecule has 4 nitrogen and oxygen atoms in total. The summed E-state index contributed by atoms with van der Waals surface area (Å²) in [6.45, 7) is 9.59. The van der Waals surface area contributed by atoms with E-state index in [9.17, 15) is 4.57 Å². The second-order valence-electron chi connectivity index (χ2n) is 5.25. The van der Waals surface area contributed by atoms with E-state index < -0.39 is 7.60 Å². The first-order valence-electron chi connectivity index (χ1n) is 7.22. The van der Waals surface area contributed by atoms with E-state index >= 15 is 0 Å². The molecule has 0 aliphatic carbocycles. The molecule has 0 spiro atoms. The molecule has 1 fully saturated rings. The Kier molecular flexibility index (Phi) is 6.25. The van der Waals surface area contributed by atoms with Crippen molar-refractivity contribution >= 4 is 19.2 Å². The van der Waals surface area contributed by atoms with Gasteiger partial charge >= 0.3 is 7.60 Å². The Morgan fingerprint density at radius 1 is 1.57 bits per heavy atom. The summed E-state index contributed by atoms with van der Waals surface area (Å²) in [7, 11) is -3.34. The first-order valence-corrected chi connectivity index (χ1v) is 9.32. The highest BCUT2D eigenvalue weighted by Gasteiger charge is 2.35. The summed E-state index contributed by atoms with van der Waals surface area (Å²) in [6.07, 6.45) is 3.35. The lowest BCUT2D eigenvalue weighted by Crippen LogP contribution is -2.16. The minimum atomic E-state index is -3.34. The molecule has 6 heteroatoms. The zero-order valence-corrected chi connectivity index (χ0v) is 14.7. The van der Waals surface area contributed by atoms with Crippen molar-refractivity contribution < 1.29 is 18.3 Å². The fourth-order valence-electron chi connectivity index (χ4n) is 2.13. The van der Waals surface area contributed by atoms with Gasteiger partial charge in [-0.3, -0.25) is 9.09 Å². The second-order valence-corrected chi connectivity index (χ2v) is 7.64. The fraction of sp³-hybridized carbons (Fsp3) is 0.294. The molecule has 0 N–H and O–H groups in total. The quantitative estimate of drug-likeness (QED) is 0.377. The maximum atomic E-state index is 12.7. The van der Waals surface area contributed by atoms with Crippen LogP contribution in [0.2, 0.25) is 5.02 Å². The highest BCUT2D eigenvalue weighted by atomic mass is 35.5. The van der Waals surface area contributed by atoms with Gasteiger partial charge in [0.05, 0.1) is 12.7 Å². The van der Waals surface area contributed by atoms with E-state index in [1.165, 1.54) is 6.08 Å². The Balaban J connectivity index is 2.05. The van der Waals surface area contributed by atoms with Gasteiger partial charge in [-0.1, -0.05) is 42.5 Å². The fourth-order valence-corrected chi connectivity index (χ4v) is 3.83. The Morgan fingerprint density at radius 2 is 2.35 bits per heavy atom. The number of ether oxygens (including phenoxy) is 1. The summed E-state index contributed by atoms with van der Waals surface area (Å²) < 4.78 is 29.2. The van der Waals surface area contributed by atoms with Gasteiger partial charge in [-0.2, -0.15) is 0 Å². The molecule has 0 radical (unpaired) electrons. The van der Waals surface area contributed by atoms with Crippen LogP contribution in [0.1, 0.15) is 25.0 Å². The standard InChI is InChI=1S/C17H20ClO4P/c1-4-16(10-13(2)3)20-12-23(19)21-9-8-17(22-23)14-6-5-7-15(18)11-14/h4-7,10-11,17H,1-2,8-9,12H2,3H3/b16-10+/t17-,23-/m0/s1. The monoisotopic (exact) mass is 354 g/mol. The molecular weight excluding hydrogens is 335 g/mol. The molecule has 0 bridgehead atoms. The molecule has 1 aromatic carbocycles. The summed E-state index contributed by atoms with van der Waals surface area (Å²) in [5.74, 6) is 0.477. The van der Waals surface area contributed by atoms with Crippen LogP contribution in [-0.4, -0.2) is 13.0 Å². The van der Waals surface area contributed by atoms with Crippen molar-refractivity contribution in [2.24, 2.45) is 0 Å². The molecule has 2 rings (SSSR count). The van der Waals surface area contributed by atoms with E-state index in [2.05, 4.69) is 13.2 Å². The highest BCUT2D eigenvalue weighted by Crippen LogP contribution is 2.56. The molecule has 1 aliphatic rings. The maximum Gasteiger partial charge on any atom is 0.368 e. The molecule has 0 amide bonds. The minimum Gasteiger partial charge on any atom is -0.481 e. The maximum absolute atomic E-state index is 12.7. The SMILES string of the molecule is C=C/C(=C\C(=C)C)OC[P@]1(=O)OCC[C@@H](c2cccc(Cl)c2)O1. The molecule has 1 saturated heterocycles. The Hall–Kier alpha value is -1.32. The normalized spacial score (nSPS) is 25.0. The molecule has 1 aliphatic heterocycles. The highest BCUT2D eigenvalue weighted by molar-refractivity contribution is 7.53.